The minimum absolute atomic E-state index is 0.0946. The van der Waals surface area contributed by atoms with Crippen molar-refractivity contribution in [1.82, 2.24) is 5.32 Å². The van der Waals surface area contributed by atoms with E-state index in [1.165, 1.54) is 45.8 Å². The number of amides is 1. The van der Waals surface area contributed by atoms with Crippen molar-refractivity contribution in [3.63, 3.8) is 0 Å². The molecule has 4 aromatic rings. The van der Waals surface area contributed by atoms with Crippen LogP contribution in [0.4, 0.5) is 11.4 Å². The molecule has 2 aliphatic heterocycles. The Balaban J connectivity index is 1.27. The zero-order valence-electron chi connectivity index (χ0n) is 45.4. The first-order chi connectivity index (χ1) is 36.4. The molecular weight excluding hydrogens is 1020 g/mol. The van der Waals surface area contributed by atoms with Crippen molar-refractivity contribution in [3.8, 4) is 22.3 Å². The topological polar surface area (TPSA) is 161 Å². The Morgan fingerprint density at radius 3 is 2.00 bits per heavy atom. The van der Waals surface area contributed by atoms with E-state index in [0.717, 1.165) is 77.2 Å². The highest BCUT2D eigenvalue weighted by atomic mass is 33.1. The number of aryl methyl sites for hydroxylation is 1. The summed E-state index contributed by atoms with van der Waals surface area (Å²) in [5.41, 5.74) is 11.7. The van der Waals surface area contributed by atoms with Gasteiger partial charge in [-0.05, 0) is 133 Å². The third-order valence-corrected chi connectivity index (χ3v) is 17.5. The van der Waals surface area contributed by atoms with Gasteiger partial charge in [-0.15, -0.1) is 0 Å². The normalized spacial score (nSPS) is 17.0. The lowest BCUT2D eigenvalue weighted by molar-refractivity contribution is -0.442. The van der Waals surface area contributed by atoms with E-state index in [1.54, 1.807) is 26.4 Å². The van der Waals surface area contributed by atoms with Crippen LogP contribution < -0.4 is 10.2 Å². The van der Waals surface area contributed by atoms with Crippen LogP contribution in [0.2, 0.25) is 0 Å². The van der Waals surface area contributed by atoms with Crippen molar-refractivity contribution < 1.29 is 49.7 Å². The van der Waals surface area contributed by atoms with Crippen molar-refractivity contribution in [1.29, 1.82) is 0 Å². The average molecular weight is 1100 g/mol. The summed E-state index contributed by atoms with van der Waals surface area (Å²) >= 11 is 0. The van der Waals surface area contributed by atoms with E-state index in [1.807, 2.05) is 12.1 Å². The number of hydrogen-bond donors (Lipinski definition) is 2. The molecule has 0 saturated carbocycles. The first-order valence-electron chi connectivity index (χ1n) is 26.3. The fraction of sp³-hybridized carbons (Fsp3) is 0.433. The van der Waals surface area contributed by atoms with E-state index < -0.39 is 24.4 Å². The van der Waals surface area contributed by atoms with Crippen LogP contribution in [0.5, 0.6) is 0 Å². The first-order valence-corrected chi connectivity index (χ1v) is 31.1. The molecular formula is C60H78N3O10S3+. The maximum atomic E-state index is 12.7. The molecule has 0 fully saturated rings. The highest BCUT2D eigenvalue weighted by Gasteiger charge is 2.45. The zero-order chi connectivity index (χ0) is 54.8. The van der Waals surface area contributed by atoms with E-state index >= 15 is 0 Å². The lowest BCUT2D eigenvalue weighted by Gasteiger charge is -2.30. The Kier molecular flexibility index (Phi) is 22.5. The molecule has 0 radical (unpaired) electrons. The van der Waals surface area contributed by atoms with Crippen molar-refractivity contribution in [2.45, 2.75) is 88.4 Å². The molecule has 0 aromatic heterocycles. The van der Waals surface area contributed by atoms with Gasteiger partial charge in [0, 0.05) is 86.9 Å². The highest BCUT2D eigenvalue weighted by Crippen LogP contribution is 2.52. The lowest BCUT2D eigenvalue weighted by atomic mass is 9.76. The summed E-state index contributed by atoms with van der Waals surface area (Å²) in [5, 5.41) is 2.84. The molecule has 2 N–H and O–H groups in total. The van der Waals surface area contributed by atoms with Gasteiger partial charge < -0.3 is 29.2 Å². The maximum absolute atomic E-state index is 12.7. The zero-order valence-corrected chi connectivity index (χ0v) is 47.8. The molecule has 2 heterocycles. The molecule has 1 atom stereocenters. The number of anilines is 1. The standard InChI is InChI=1S/C60H77N3O10S3/c1-8-46-21-23-47(24-22-46)49-27-31-54-52(44-49)59(2,3)56(63(54)36-38-73-42-40-71-6)18-13-10-9-11-14-19-57-60(4,33-16-12-15-20-58(64)61-34-43-74-75(7,65)66)53-45-50(48-25-29-51(30-26-48)76(67,68)69)28-32-55(53)62(57)35-17-37-72-41-39-70-5/h9-11,13-14,18-19,21-32,44-45H,8,12,15-17,20,33-43H2,1-7H3,(H-,61,64,67,68,69)/p+1. The number of fused-ring (bicyclic) bond motifs is 2. The summed E-state index contributed by atoms with van der Waals surface area (Å²) in [4.78, 5) is 14.9. The van der Waals surface area contributed by atoms with Gasteiger partial charge in [0.1, 0.15) is 6.61 Å². The third kappa shape index (κ3) is 16.4. The smallest absolute Gasteiger partial charge is 0.294 e. The molecule has 13 nitrogen and oxygen atoms in total. The van der Waals surface area contributed by atoms with Gasteiger partial charge >= 0.3 is 0 Å². The molecule has 1 unspecified atom stereocenters. The number of methoxy groups -OCH3 is 2. The summed E-state index contributed by atoms with van der Waals surface area (Å²) in [5.74, 6) is 0.207. The molecule has 1 amide bonds. The molecule has 0 saturated heterocycles. The van der Waals surface area contributed by atoms with Crippen LogP contribution in [-0.2, 0) is 60.0 Å². The van der Waals surface area contributed by atoms with Crippen LogP contribution >= 0.6 is 10.8 Å². The number of unbranched alkanes of at least 4 members (excludes halogenated alkanes) is 2. The van der Waals surface area contributed by atoms with Gasteiger partial charge in [-0.3, -0.25) is 9.35 Å². The number of nitrogens with zero attached hydrogens (tertiary/aromatic N) is 2. The van der Waals surface area contributed by atoms with Crippen molar-refractivity contribution >= 4 is 52.8 Å². The molecule has 410 valence electrons. The summed E-state index contributed by atoms with van der Waals surface area (Å²) < 4.78 is 81.2. The molecule has 0 bridgehead atoms. The highest BCUT2D eigenvalue weighted by molar-refractivity contribution is 8.71. The van der Waals surface area contributed by atoms with Crippen molar-refractivity contribution in [3.05, 3.63) is 150 Å². The second-order valence-corrected chi connectivity index (χ2v) is 25.8. The fourth-order valence-corrected chi connectivity index (χ4v) is 12.1. The van der Waals surface area contributed by atoms with Gasteiger partial charge in [-0.2, -0.15) is 13.0 Å². The third-order valence-electron chi connectivity index (χ3n) is 14.1. The lowest BCUT2D eigenvalue weighted by Crippen LogP contribution is -2.30. The van der Waals surface area contributed by atoms with Crippen LogP contribution in [0.1, 0.15) is 82.9 Å². The molecule has 16 heteroatoms. The van der Waals surface area contributed by atoms with Crippen LogP contribution in [0.25, 0.3) is 22.3 Å². The molecule has 4 aromatic carbocycles. The van der Waals surface area contributed by atoms with Crippen LogP contribution in [-0.4, -0.2) is 123 Å². The Morgan fingerprint density at radius 1 is 0.724 bits per heavy atom. The summed E-state index contributed by atoms with van der Waals surface area (Å²) in [6.45, 7) is 13.9. The minimum Gasteiger partial charge on any atom is -0.382 e. The predicted molar refractivity (Wildman–Crippen MR) is 309 cm³/mol. The number of allylic oxidation sites excluding steroid dienone is 8. The average Bonchev–Trinajstić information content (AvgIpc) is 3.81. The summed E-state index contributed by atoms with van der Waals surface area (Å²) in [6.07, 6.45) is 21.2. The second-order valence-electron chi connectivity index (χ2n) is 19.8. The van der Waals surface area contributed by atoms with Gasteiger partial charge in [0.2, 0.25) is 11.6 Å². The minimum atomic E-state index is -4.35. The van der Waals surface area contributed by atoms with E-state index in [2.05, 4.69) is 134 Å². The largest absolute Gasteiger partial charge is 0.382 e. The molecule has 0 aliphatic carbocycles. The Morgan fingerprint density at radius 2 is 1.34 bits per heavy atom. The van der Waals surface area contributed by atoms with Gasteiger partial charge in [0.25, 0.3) is 10.1 Å². The summed E-state index contributed by atoms with van der Waals surface area (Å²) in [6, 6.07) is 28.3. The maximum Gasteiger partial charge on any atom is 0.294 e. The Bertz CT molecular complexity index is 2960. The number of benzene rings is 4. The quantitative estimate of drug-likeness (QED) is 0.0162. The number of nitrogens with one attached hydrogen (secondary N) is 1. The van der Waals surface area contributed by atoms with Gasteiger partial charge in [0.05, 0.1) is 36.7 Å². The van der Waals surface area contributed by atoms with E-state index in [4.69, 9.17) is 18.9 Å². The molecule has 2 aliphatic rings. The fourth-order valence-electron chi connectivity index (χ4n) is 9.95. The molecule has 6 rings (SSSR count). The van der Waals surface area contributed by atoms with Crippen molar-refractivity contribution in [2.75, 3.05) is 90.4 Å². The monoisotopic (exact) mass is 1100 g/mol. The van der Waals surface area contributed by atoms with E-state index in [0.29, 0.717) is 77.9 Å². The van der Waals surface area contributed by atoms with Gasteiger partial charge in [-0.25, -0.2) is 8.42 Å². The second kappa shape index (κ2) is 28.5. The van der Waals surface area contributed by atoms with Crippen molar-refractivity contribution in [2.24, 2.45) is 0 Å². The van der Waals surface area contributed by atoms with E-state index in [-0.39, 0.29) is 16.2 Å². The van der Waals surface area contributed by atoms with Gasteiger partial charge in [0.15, 0.2) is 21.1 Å². The number of hydrogen-bond acceptors (Lipinski definition) is 11. The van der Waals surface area contributed by atoms with Gasteiger partial charge in [-0.1, -0.05) is 92.6 Å². The van der Waals surface area contributed by atoms with Crippen LogP contribution in [0.3, 0.4) is 0 Å². The van der Waals surface area contributed by atoms with Crippen LogP contribution in [0, 0.1) is 0 Å². The SMILES string of the molecule is CCc1ccc(-c2ccc3c(c2)C(C)(C)C(/C=C/C=C/C=C/C=C2/N(CCCOCCOC)c4ccc(-c5ccc(S(=O)(=O)O)cc5)cc4C2(C)CCCCCC(=O)NCCSS(C)(=O)=O)=[N+]3CCOCCOC)cc1. The van der Waals surface area contributed by atoms with Crippen LogP contribution in [0.15, 0.2) is 138 Å². The number of ether oxygens (including phenoxy) is 4. The van der Waals surface area contributed by atoms with E-state index in [9.17, 15) is 26.2 Å². The molecule has 76 heavy (non-hydrogen) atoms. The Hall–Kier alpha value is -5.17. The first kappa shape index (κ1) is 60.1. The number of rotatable bonds is 31. The Labute approximate surface area is 456 Å². The number of carbonyl (C=O) groups is 1. The summed E-state index contributed by atoms with van der Waals surface area (Å²) in [7, 11) is -3.36. The molecule has 0 spiro atoms. The predicted octanol–water partition coefficient (Wildman–Crippen LogP) is 11.0. The number of carbonyl (C=O) groups excluding carboxylic acids is 1.